The van der Waals surface area contributed by atoms with Gasteiger partial charge in [0, 0.05) is 0 Å². The van der Waals surface area contributed by atoms with E-state index in [4.69, 9.17) is 0 Å². The Labute approximate surface area is 170 Å². The van der Waals surface area contributed by atoms with E-state index < -0.39 is 0 Å². The normalized spacial score (nSPS) is 11.6. The summed E-state index contributed by atoms with van der Waals surface area (Å²) >= 11 is 0. The van der Waals surface area contributed by atoms with Crippen molar-refractivity contribution in [2.75, 3.05) is 0 Å². The van der Waals surface area contributed by atoms with Gasteiger partial charge in [-0.1, -0.05) is 84.0 Å². The number of rotatable bonds is 4. The van der Waals surface area contributed by atoms with Crippen LogP contribution in [0.5, 0.6) is 0 Å². The molecule has 0 nitrogen and oxygen atoms in total. The number of hydrogen-bond donors (Lipinski definition) is 0. The Morgan fingerprint density at radius 2 is 0.714 bits per heavy atom. The second-order valence-corrected chi connectivity index (χ2v) is 7.95. The first-order chi connectivity index (χ1) is 13.3. The molecule has 0 atom stereocenters. The lowest BCUT2D eigenvalue weighted by Crippen LogP contribution is -1.89. The molecular formula is C28H30. The van der Waals surface area contributed by atoms with E-state index in [2.05, 4.69) is 114 Å². The van der Waals surface area contributed by atoms with Crippen LogP contribution in [-0.2, 0) is 0 Å². The molecule has 0 aromatic heterocycles. The van der Waals surface area contributed by atoms with Gasteiger partial charge in [0.1, 0.15) is 0 Å². The van der Waals surface area contributed by atoms with Gasteiger partial charge in [0.15, 0.2) is 0 Å². The fourth-order valence-corrected chi connectivity index (χ4v) is 3.46. The molecule has 0 saturated carbocycles. The van der Waals surface area contributed by atoms with Gasteiger partial charge in [-0.25, -0.2) is 0 Å². The third kappa shape index (κ3) is 4.70. The minimum Gasteiger partial charge on any atom is -0.0590 e. The second-order valence-electron chi connectivity index (χ2n) is 7.95. The highest BCUT2D eigenvalue weighted by atomic mass is 14.1. The van der Waals surface area contributed by atoms with E-state index in [0.29, 0.717) is 0 Å². The van der Waals surface area contributed by atoms with Gasteiger partial charge in [-0.15, -0.1) is 0 Å². The highest BCUT2D eigenvalue weighted by Gasteiger charge is 2.02. The van der Waals surface area contributed by atoms with Gasteiger partial charge in [0.2, 0.25) is 0 Å². The molecule has 0 unspecified atom stereocenters. The largest absolute Gasteiger partial charge is 0.0590 e. The van der Waals surface area contributed by atoms with Gasteiger partial charge < -0.3 is 0 Å². The molecule has 0 fully saturated rings. The van der Waals surface area contributed by atoms with Gasteiger partial charge in [0.25, 0.3) is 0 Å². The molecule has 3 rings (SSSR count). The van der Waals surface area contributed by atoms with Crippen LogP contribution < -0.4 is 0 Å². The summed E-state index contributed by atoms with van der Waals surface area (Å²) in [5, 5.41) is 0. The monoisotopic (exact) mass is 366 g/mol. The van der Waals surface area contributed by atoms with Crippen molar-refractivity contribution in [3.8, 4) is 0 Å². The van der Waals surface area contributed by atoms with Gasteiger partial charge >= 0.3 is 0 Å². The second kappa shape index (κ2) is 8.44. The van der Waals surface area contributed by atoms with Crippen molar-refractivity contribution in [3.05, 3.63) is 104 Å². The Balaban J connectivity index is 1.88. The molecule has 3 aromatic rings. The number of hydrogen-bond acceptors (Lipinski definition) is 0. The van der Waals surface area contributed by atoms with Crippen LogP contribution >= 0.6 is 0 Å². The molecule has 0 heteroatoms. The van der Waals surface area contributed by atoms with Crippen LogP contribution in [0.15, 0.2) is 48.5 Å². The number of benzene rings is 3. The summed E-state index contributed by atoms with van der Waals surface area (Å²) in [7, 11) is 0. The van der Waals surface area contributed by atoms with Crippen molar-refractivity contribution in [1.82, 2.24) is 0 Å². The third-order valence-electron chi connectivity index (χ3n) is 5.41. The lowest BCUT2D eigenvalue weighted by Gasteiger charge is -2.08. The van der Waals surface area contributed by atoms with Crippen LogP contribution in [0.1, 0.15) is 55.6 Å². The van der Waals surface area contributed by atoms with E-state index in [0.717, 1.165) is 0 Å². The molecular weight excluding hydrogens is 336 g/mol. The van der Waals surface area contributed by atoms with Crippen LogP contribution in [0, 0.1) is 41.5 Å². The highest BCUT2D eigenvalue weighted by Crippen LogP contribution is 2.22. The minimum absolute atomic E-state index is 1.28. The van der Waals surface area contributed by atoms with Gasteiger partial charge in [0.05, 0.1) is 0 Å². The van der Waals surface area contributed by atoms with E-state index >= 15 is 0 Å². The average molecular weight is 367 g/mol. The third-order valence-corrected chi connectivity index (χ3v) is 5.41. The molecule has 0 aliphatic heterocycles. The maximum absolute atomic E-state index is 2.29. The molecule has 28 heavy (non-hydrogen) atoms. The SMILES string of the molecule is Cc1ccc(C)c(/C=C/c2cc(C)c(/C=C/c3cc(C)ccc3C)cc2C)c1. The standard InChI is InChI=1S/C28H30/c1-19-7-9-21(3)25(15-19)11-13-27-17-24(6)28(18-23(27)5)14-12-26-16-20(2)8-10-22(26)4/h7-18H,1-6H3/b13-11+,14-12+. The number of aryl methyl sites for hydroxylation is 6. The lowest BCUT2D eigenvalue weighted by molar-refractivity contribution is 1.35. The van der Waals surface area contributed by atoms with E-state index in [1.54, 1.807) is 0 Å². The summed E-state index contributed by atoms with van der Waals surface area (Å²) in [5.74, 6) is 0. The highest BCUT2D eigenvalue weighted by molar-refractivity contribution is 5.77. The zero-order valence-electron chi connectivity index (χ0n) is 17.9. The van der Waals surface area contributed by atoms with Crippen LogP contribution in [0.3, 0.4) is 0 Å². The van der Waals surface area contributed by atoms with Crippen LogP contribution in [-0.4, -0.2) is 0 Å². The van der Waals surface area contributed by atoms with Crippen molar-refractivity contribution in [1.29, 1.82) is 0 Å². The van der Waals surface area contributed by atoms with Gasteiger partial charge in [-0.05, 0) is 86.1 Å². The quantitative estimate of drug-likeness (QED) is 0.412. The van der Waals surface area contributed by atoms with E-state index in [-0.39, 0.29) is 0 Å². The molecule has 3 aromatic carbocycles. The van der Waals surface area contributed by atoms with Gasteiger partial charge in [-0.3, -0.25) is 0 Å². The molecule has 0 spiro atoms. The summed E-state index contributed by atoms with van der Waals surface area (Å²) in [5.41, 5.74) is 12.9. The molecule has 0 N–H and O–H groups in total. The molecule has 0 amide bonds. The zero-order valence-corrected chi connectivity index (χ0v) is 17.9. The minimum atomic E-state index is 1.28. The van der Waals surface area contributed by atoms with Crippen molar-refractivity contribution < 1.29 is 0 Å². The first-order valence-corrected chi connectivity index (χ1v) is 9.95. The predicted octanol–water partition coefficient (Wildman–Crippen LogP) is 7.88. The zero-order chi connectivity index (χ0) is 20.3. The molecule has 0 radical (unpaired) electrons. The molecule has 0 aliphatic rings. The molecule has 0 heterocycles. The van der Waals surface area contributed by atoms with Crippen molar-refractivity contribution in [2.45, 2.75) is 41.5 Å². The molecule has 0 aliphatic carbocycles. The summed E-state index contributed by atoms with van der Waals surface area (Å²) < 4.78 is 0. The smallest absolute Gasteiger partial charge is 0.0224 e. The molecule has 0 saturated heterocycles. The molecule has 0 bridgehead atoms. The Hall–Kier alpha value is -2.86. The summed E-state index contributed by atoms with van der Waals surface area (Å²) in [6.45, 7) is 13.0. The van der Waals surface area contributed by atoms with Crippen LogP contribution in [0.4, 0.5) is 0 Å². The Kier molecular flexibility index (Phi) is 5.99. The molecule has 142 valence electrons. The Morgan fingerprint density at radius 1 is 0.393 bits per heavy atom. The summed E-state index contributed by atoms with van der Waals surface area (Å²) in [6, 6.07) is 17.8. The predicted molar refractivity (Wildman–Crippen MR) is 126 cm³/mol. The maximum atomic E-state index is 2.29. The fraction of sp³-hybridized carbons (Fsp3) is 0.214. The summed E-state index contributed by atoms with van der Waals surface area (Å²) in [6.07, 6.45) is 8.94. The van der Waals surface area contributed by atoms with E-state index in [1.807, 2.05) is 0 Å². The lowest BCUT2D eigenvalue weighted by atomic mass is 9.97. The van der Waals surface area contributed by atoms with Crippen LogP contribution in [0.25, 0.3) is 24.3 Å². The Bertz CT molecular complexity index is 974. The fourth-order valence-electron chi connectivity index (χ4n) is 3.46. The summed E-state index contributed by atoms with van der Waals surface area (Å²) in [4.78, 5) is 0. The van der Waals surface area contributed by atoms with Gasteiger partial charge in [-0.2, -0.15) is 0 Å². The first kappa shape index (κ1) is 19.9. The van der Waals surface area contributed by atoms with Crippen molar-refractivity contribution in [2.24, 2.45) is 0 Å². The topological polar surface area (TPSA) is 0 Å². The maximum Gasteiger partial charge on any atom is -0.0224 e. The van der Waals surface area contributed by atoms with Crippen molar-refractivity contribution >= 4 is 24.3 Å². The average Bonchev–Trinajstić information content (AvgIpc) is 2.66. The first-order valence-electron chi connectivity index (χ1n) is 9.95. The van der Waals surface area contributed by atoms with Crippen LogP contribution in [0.2, 0.25) is 0 Å². The van der Waals surface area contributed by atoms with Crippen molar-refractivity contribution in [3.63, 3.8) is 0 Å². The van der Waals surface area contributed by atoms with E-state index in [1.165, 1.54) is 55.6 Å². The Morgan fingerprint density at radius 3 is 1.07 bits per heavy atom. The van der Waals surface area contributed by atoms with E-state index in [9.17, 15) is 0 Å².